The third-order valence-electron chi connectivity index (χ3n) is 3.62. The van der Waals surface area contributed by atoms with Crippen molar-refractivity contribution in [2.24, 2.45) is 0 Å². The van der Waals surface area contributed by atoms with Gasteiger partial charge in [-0.25, -0.2) is 0 Å². The highest BCUT2D eigenvalue weighted by Crippen LogP contribution is 2.35. The number of carbonyl (C=O) groups is 1. The summed E-state index contributed by atoms with van der Waals surface area (Å²) in [6.45, 7) is 0.558. The van der Waals surface area contributed by atoms with E-state index in [1.54, 1.807) is 29.2 Å². The molecule has 0 saturated carbocycles. The van der Waals surface area contributed by atoms with Gasteiger partial charge in [-0.15, -0.1) is 0 Å². The van der Waals surface area contributed by atoms with Gasteiger partial charge in [-0.05, 0) is 30.2 Å². The van der Waals surface area contributed by atoms with Gasteiger partial charge in [0.1, 0.15) is 4.32 Å². The van der Waals surface area contributed by atoms with Gasteiger partial charge in [-0.1, -0.05) is 83.6 Å². The summed E-state index contributed by atoms with van der Waals surface area (Å²) in [5, 5.41) is 1.02. The summed E-state index contributed by atoms with van der Waals surface area (Å²) in [5.74, 6) is -0.100. The van der Waals surface area contributed by atoms with Crippen molar-refractivity contribution in [1.29, 1.82) is 0 Å². The number of nitrogens with zero attached hydrogens (tertiary/aromatic N) is 1. The van der Waals surface area contributed by atoms with Gasteiger partial charge < -0.3 is 0 Å². The molecule has 0 atom stereocenters. The van der Waals surface area contributed by atoms with Gasteiger partial charge in [-0.2, -0.15) is 0 Å². The Bertz CT molecular complexity index is 801. The van der Waals surface area contributed by atoms with E-state index < -0.39 is 0 Å². The Kier molecular flexibility index (Phi) is 5.61. The molecular weight excluding hydrogens is 381 g/mol. The summed E-state index contributed by atoms with van der Waals surface area (Å²) >= 11 is 19.0. The minimum absolute atomic E-state index is 0.100. The predicted molar refractivity (Wildman–Crippen MR) is 106 cm³/mol. The van der Waals surface area contributed by atoms with E-state index in [1.807, 2.05) is 30.3 Å². The molecule has 0 spiro atoms. The van der Waals surface area contributed by atoms with Crippen LogP contribution in [0.2, 0.25) is 10.0 Å². The summed E-state index contributed by atoms with van der Waals surface area (Å²) in [4.78, 5) is 14.8. The molecule has 2 nitrogen and oxygen atoms in total. The third-order valence-corrected chi connectivity index (χ3v) is 5.65. The molecule has 1 aliphatic heterocycles. The van der Waals surface area contributed by atoms with Crippen molar-refractivity contribution in [3.63, 3.8) is 0 Å². The van der Waals surface area contributed by atoms with Crippen molar-refractivity contribution in [3.05, 3.63) is 74.6 Å². The van der Waals surface area contributed by atoms with E-state index in [4.69, 9.17) is 35.4 Å². The molecule has 0 bridgehead atoms. The summed E-state index contributed by atoms with van der Waals surface area (Å²) in [5.41, 5.74) is 1.81. The van der Waals surface area contributed by atoms with Crippen molar-refractivity contribution in [2.75, 3.05) is 6.54 Å². The fourth-order valence-corrected chi connectivity index (χ4v) is 4.15. The monoisotopic (exact) mass is 393 g/mol. The van der Waals surface area contributed by atoms with Crippen LogP contribution in [0.4, 0.5) is 0 Å². The Labute approximate surface area is 160 Å². The van der Waals surface area contributed by atoms with Crippen LogP contribution in [0, 0.1) is 0 Å². The van der Waals surface area contributed by atoms with E-state index in [9.17, 15) is 4.79 Å². The normalized spacial score (nSPS) is 16.2. The number of thioether (sulfide) groups is 1. The second kappa shape index (κ2) is 7.70. The Morgan fingerprint density at radius 2 is 1.71 bits per heavy atom. The number of thiocarbonyl (C=S) groups is 1. The first kappa shape index (κ1) is 17.5. The summed E-state index contributed by atoms with van der Waals surface area (Å²) in [7, 11) is 0. The number of hydrogen-bond donors (Lipinski definition) is 0. The molecule has 1 heterocycles. The number of hydrogen-bond acceptors (Lipinski definition) is 3. The molecular formula is C18H13Cl2NOS2. The minimum Gasteiger partial charge on any atom is -0.293 e. The van der Waals surface area contributed by atoms with Crippen LogP contribution in [0.5, 0.6) is 0 Å². The molecule has 0 unspecified atom stereocenters. The Morgan fingerprint density at radius 1 is 1.04 bits per heavy atom. The van der Waals surface area contributed by atoms with Crippen molar-refractivity contribution >= 4 is 63.5 Å². The first-order chi connectivity index (χ1) is 11.6. The molecule has 2 aromatic carbocycles. The second-order valence-corrected chi connectivity index (χ2v) is 7.69. The summed E-state index contributed by atoms with van der Waals surface area (Å²) < 4.78 is 0.561. The van der Waals surface area contributed by atoms with Crippen LogP contribution in [0.3, 0.4) is 0 Å². The molecule has 1 amide bonds. The van der Waals surface area contributed by atoms with Gasteiger partial charge in [0, 0.05) is 22.2 Å². The standard InChI is InChI=1S/C18H13Cl2NOS2/c19-14-7-4-8-15(20)13(14)11-16-17(22)21(18(23)24-16)10-9-12-5-2-1-3-6-12/h1-8,11H,9-10H2/b16-11-. The molecule has 6 heteroatoms. The molecule has 0 aliphatic carbocycles. The lowest BCUT2D eigenvalue weighted by Crippen LogP contribution is -2.30. The maximum Gasteiger partial charge on any atom is 0.266 e. The van der Waals surface area contributed by atoms with Crippen LogP contribution in [0.25, 0.3) is 6.08 Å². The van der Waals surface area contributed by atoms with Crippen LogP contribution in [0.15, 0.2) is 53.4 Å². The zero-order chi connectivity index (χ0) is 17.1. The first-order valence-corrected chi connectivity index (χ1v) is 9.27. The average molecular weight is 394 g/mol. The Morgan fingerprint density at radius 3 is 2.38 bits per heavy atom. The predicted octanol–water partition coefficient (Wildman–Crippen LogP) is 5.44. The van der Waals surface area contributed by atoms with E-state index in [-0.39, 0.29) is 5.91 Å². The fraction of sp³-hybridized carbons (Fsp3) is 0.111. The van der Waals surface area contributed by atoms with Gasteiger partial charge in [0.15, 0.2) is 0 Å². The highest BCUT2D eigenvalue weighted by atomic mass is 35.5. The van der Waals surface area contributed by atoms with Crippen molar-refractivity contribution in [3.8, 4) is 0 Å². The molecule has 122 valence electrons. The molecule has 0 aromatic heterocycles. The second-order valence-electron chi connectivity index (χ2n) is 5.20. The van der Waals surface area contributed by atoms with Crippen molar-refractivity contribution in [2.45, 2.75) is 6.42 Å². The number of benzene rings is 2. The molecule has 2 aromatic rings. The quantitative estimate of drug-likeness (QED) is 0.509. The molecule has 0 N–H and O–H groups in total. The van der Waals surface area contributed by atoms with Crippen LogP contribution >= 0.6 is 47.2 Å². The molecule has 0 radical (unpaired) electrons. The Balaban J connectivity index is 1.78. The lowest BCUT2D eigenvalue weighted by molar-refractivity contribution is -0.122. The smallest absolute Gasteiger partial charge is 0.266 e. The maximum atomic E-state index is 12.6. The van der Waals surface area contributed by atoms with E-state index in [2.05, 4.69) is 0 Å². The topological polar surface area (TPSA) is 20.3 Å². The number of amides is 1. The van der Waals surface area contributed by atoms with E-state index in [0.29, 0.717) is 31.4 Å². The van der Waals surface area contributed by atoms with E-state index in [0.717, 1.165) is 6.42 Å². The zero-order valence-corrected chi connectivity index (χ0v) is 15.7. The van der Waals surface area contributed by atoms with Crippen molar-refractivity contribution < 1.29 is 4.79 Å². The van der Waals surface area contributed by atoms with Gasteiger partial charge >= 0.3 is 0 Å². The highest BCUT2D eigenvalue weighted by Gasteiger charge is 2.31. The van der Waals surface area contributed by atoms with Gasteiger partial charge in [0.05, 0.1) is 4.91 Å². The molecule has 3 rings (SSSR count). The highest BCUT2D eigenvalue weighted by molar-refractivity contribution is 8.26. The number of carbonyl (C=O) groups excluding carboxylic acids is 1. The fourth-order valence-electron chi connectivity index (χ4n) is 2.36. The molecule has 24 heavy (non-hydrogen) atoms. The van der Waals surface area contributed by atoms with Crippen molar-refractivity contribution in [1.82, 2.24) is 4.90 Å². The van der Waals surface area contributed by atoms with Crippen LogP contribution in [0.1, 0.15) is 11.1 Å². The largest absolute Gasteiger partial charge is 0.293 e. The molecule has 1 saturated heterocycles. The van der Waals surface area contributed by atoms with Crippen LogP contribution in [-0.2, 0) is 11.2 Å². The maximum absolute atomic E-state index is 12.6. The SMILES string of the molecule is O=C1/C(=C/c2c(Cl)cccc2Cl)SC(=S)N1CCc1ccccc1. The molecule has 1 fully saturated rings. The van der Waals surface area contributed by atoms with Gasteiger partial charge in [0.25, 0.3) is 5.91 Å². The first-order valence-electron chi connectivity index (χ1n) is 7.29. The third kappa shape index (κ3) is 3.83. The number of rotatable bonds is 4. The number of halogens is 2. The molecule has 1 aliphatic rings. The van der Waals surface area contributed by atoms with E-state index >= 15 is 0 Å². The summed E-state index contributed by atoms with van der Waals surface area (Å²) in [6.07, 6.45) is 2.47. The van der Waals surface area contributed by atoms with Crippen LogP contribution < -0.4 is 0 Å². The lowest BCUT2D eigenvalue weighted by atomic mass is 10.1. The lowest BCUT2D eigenvalue weighted by Gasteiger charge is -2.14. The van der Waals surface area contributed by atoms with Crippen LogP contribution in [-0.4, -0.2) is 21.7 Å². The average Bonchev–Trinajstić information content (AvgIpc) is 2.84. The Hall–Kier alpha value is -1.33. The van der Waals surface area contributed by atoms with Gasteiger partial charge in [0.2, 0.25) is 0 Å². The van der Waals surface area contributed by atoms with Gasteiger partial charge in [-0.3, -0.25) is 9.69 Å². The van der Waals surface area contributed by atoms with E-state index in [1.165, 1.54) is 17.3 Å². The minimum atomic E-state index is -0.100. The summed E-state index contributed by atoms with van der Waals surface area (Å²) in [6, 6.07) is 15.3. The zero-order valence-electron chi connectivity index (χ0n) is 12.5.